The zero-order chi connectivity index (χ0) is 13.8. The highest BCUT2D eigenvalue weighted by Crippen LogP contribution is 2.20. The first-order chi connectivity index (χ1) is 8.38. The van der Waals surface area contributed by atoms with E-state index in [0.717, 1.165) is 19.3 Å². The topological polar surface area (TPSA) is 86.7 Å². The van der Waals surface area contributed by atoms with Gasteiger partial charge in [0.15, 0.2) is 0 Å². The van der Waals surface area contributed by atoms with Crippen LogP contribution < -0.4 is 4.72 Å². The third-order valence-electron chi connectivity index (χ3n) is 3.24. The fourth-order valence-corrected chi connectivity index (χ4v) is 3.81. The molecule has 18 heavy (non-hydrogen) atoms. The molecular formula is C11H22N2O4S. The lowest BCUT2D eigenvalue weighted by Crippen LogP contribution is -2.49. The summed E-state index contributed by atoms with van der Waals surface area (Å²) in [7, 11) is -3.68. The molecule has 0 aromatic heterocycles. The molecule has 7 heteroatoms. The van der Waals surface area contributed by atoms with Crippen molar-refractivity contribution in [1.82, 2.24) is 9.03 Å². The Labute approximate surface area is 109 Å². The largest absolute Gasteiger partial charge is 0.480 e. The molecule has 2 atom stereocenters. The van der Waals surface area contributed by atoms with Crippen molar-refractivity contribution in [3.8, 4) is 0 Å². The van der Waals surface area contributed by atoms with Crippen LogP contribution in [-0.2, 0) is 15.0 Å². The minimum atomic E-state index is -3.68. The van der Waals surface area contributed by atoms with E-state index in [1.165, 1.54) is 4.31 Å². The van der Waals surface area contributed by atoms with Crippen LogP contribution >= 0.6 is 0 Å². The average Bonchev–Trinajstić information content (AvgIpc) is 2.71. The lowest BCUT2D eigenvalue weighted by atomic mass is 10.1. The fourth-order valence-electron chi connectivity index (χ4n) is 2.15. The van der Waals surface area contributed by atoms with Crippen LogP contribution in [0.15, 0.2) is 0 Å². The molecule has 0 saturated carbocycles. The molecule has 0 amide bonds. The van der Waals surface area contributed by atoms with Gasteiger partial charge in [0.2, 0.25) is 0 Å². The van der Waals surface area contributed by atoms with Crippen molar-refractivity contribution in [3.63, 3.8) is 0 Å². The molecule has 1 aliphatic heterocycles. The summed E-state index contributed by atoms with van der Waals surface area (Å²) in [5.74, 6) is -1.11. The summed E-state index contributed by atoms with van der Waals surface area (Å²) in [6, 6.07) is -1.08. The Balaban J connectivity index is 2.69. The molecule has 0 aliphatic carbocycles. The van der Waals surface area contributed by atoms with Gasteiger partial charge in [-0.15, -0.1) is 0 Å². The second-order valence-electron chi connectivity index (χ2n) is 4.76. The summed E-state index contributed by atoms with van der Waals surface area (Å²) < 4.78 is 27.8. The van der Waals surface area contributed by atoms with Gasteiger partial charge in [-0.05, 0) is 26.2 Å². The molecule has 0 aromatic rings. The Hall–Kier alpha value is -0.660. The average molecular weight is 278 g/mol. The Bertz CT molecular complexity index is 383. The number of unbranched alkanes of at least 4 members (excludes halogenated alkanes) is 1. The molecule has 1 unspecified atom stereocenters. The quantitative estimate of drug-likeness (QED) is 0.726. The molecule has 106 valence electrons. The Morgan fingerprint density at radius 1 is 1.56 bits per heavy atom. The van der Waals surface area contributed by atoms with Gasteiger partial charge in [-0.2, -0.15) is 17.4 Å². The van der Waals surface area contributed by atoms with Crippen LogP contribution in [-0.4, -0.2) is 42.4 Å². The van der Waals surface area contributed by atoms with Gasteiger partial charge in [0.25, 0.3) is 10.2 Å². The number of nitrogens with one attached hydrogen (secondary N) is 1. The number of aliphatic carboxylic acids is 1. The maximum atomic E-state index is 12.1. The van der Waals surface area contributed by atoms with Crippen molar-refractivity contribution in [3.05, 3.63) is 0 Å². The molecule has 0 radical (unpaired) electrons. The first-order valence-electron chi connectivity index (χ1n) is 6.40. The van der Waals surface area contributed by atoms with E-state index >= 15 is 0 Å². The summed E-state index contributed by atoms with van der Waals surface area (Å²) in [6.07, 6.45) is 3.51. The van der Waals surface area contributed by atoms with Crippen LogP contribution in [0.3, 0.4) is 0 Å². The van der Waals surface area contributed by atoms with E-state index in [9.17, 15) is 13.2 Å². The van der Waals surface area contributed by atoms with Crippen LogP contribution in [0.5, 0.6) is 0 Å². The number of hydrogen-bond acceptors (Lipinski definition) is 3. The predicted octanol–water partition coefficient (Wildman–Crippen LogP) is 0.948. The van der Waals surface area contributed by atoms with Crippen molar-refractivity contribution in [1.29, 1.82) is 0 Å². The van der Waals surface area contributed by atoms with E-state index in [1.54, 1.807) is 0 Å². The van der Waals surface area contributed by atoms with Crippen molar-refractivity contribution in [2.24, 2.45) is 0 Å². The molecular weight excluding hydrogens is 256 g/mol. The highest BCUT2D eigenvalue weighted by Gasteiger charge is 2.34. The number of rotatable bonds is 7. The second kappa shape index (κ2) is 6.49. The minimum absolute atomic E-state index is 0.0527. The first-order valence-corrected chi connectivity index (χ1v) is 7.84. The van der Waals surface area contributed by atoms with Gasteiger partial charge in [-0.25, -0.2) is 0 Å². The predicted molar refractivity (Wildman–Crippen MR) is 68.4 cm³/mol. The van der Waals surface area contributed by atoms with Gasteiger partial charge in [-0.1, -0.05) is 19.8 Å². The summed E-state index contributed by atoms with van der Waals surface area (Å²) in [4.78, 5) is 11.0. The molecule has 1 heterocycles. The molecule has 1 fully saturated rings. The van der Waals surface area contributed by atoms with Crippen LogP contribution in [0.4, 0.5) is 0 Å². The lowest BCUT2D eigenvalue weighted by Gasteiger charge is -2.23. The molecule has 6 nitrogen and oxygen atoms in total. The fraction of sp³-hybridized carbons (Fsp3) is 0.909. The monoisotopic (exact) mass is 278 g/mol. The summed E-state index contributed by atoms with van der Waals surface area (Å²) >= 11 is 0. The van der Waals surface area contributed by atoms with Crippen LogP contribution in [0, 0.1) is 0 Å². The van der Waals surface area contributed by atoms with E-state index in [-0.39, 0.29) is 6.04 Å². The SMILES string of the molecule is CCCC[C@H](NS(=O)(=O)N1CCCC1C)C(=O)O. The number of hydrogen-bond donors (Lipinski definition) is 2. The van der Waals surface area contributed by atoms with Gasteiger partial charge in [0, 0.05) is 12.6 Å². The molecule has 0 bridgehead atoms. The smallest absolute Gasteiger partial charge is 0.321 e. The summed E-state index contributed by atoms with van der Waals surface area (Å²) in [5, 5.41) is 9.03. The van der Waals surface area contributed by atoms with Crippen molar-refractivity contribution < 1.29 is 18.3 Å². The van der Waals surface area contributed by atoms with Crippen LogP contribution in [0.2, 0.25) is 0 Å². The molecule has 1 saturated heterocycles. The van der Waals surface area contributed by atoms with Crippen LogP contribution in [0.1, 0.15) is 46.0 Å². The Morgan fingerprint density at radius 3 is 2.67 bits per heavy atom. The van der Waals surface area contributed by atoms with Crippen LogP contribution in [0.25, 0.3) is 0 Å². The van der Waals surface area contributed by atoms with E-state index in [2.05, 4.69) is 4.72 Å². The van der Waals surface area contributed by atoms with Gasteiger partial charge in [0.1, 0.15) is 6.04 Å². The third kappa shape index (κ3) is 3.93. The maximum absolute atomic E-state index is 12.1. The van der Waals surface area contributed by atoms with Gasteiger partial charge < -0.3 is 5.11 Å². The Kier molecular flexibility index (Phi) is 5.55. The highest BCUT2D eigenvalue weighted by atomic mass is 32.2. The molecule has 0 aromatic carbocycles. The minimum Gasteiger partial charge on any atom is -0.480 e. The van der Waals surface area contributed by atoms with Crippen molar-refractivity contribution in [2.45, 2.75) is 58.0 Å². The summed E-state index contributed by atoms with van der Waals surface area (Å²) in [6.45, 7) is 4.25. The molecule has 1 rings (SSSR count). The van der Waals surface area contributed by atoms with Crippen molar-refractivity contribution >= 4 is 16.2 Å². The standard InChI is InChI=1S/C11H22N2O4S/c1-3-4-7-10(11(14)15)12-18(16,17)13-8-5-6-9(13)2/h9-10,12H,3-8H2,1-2H3,(H,14,15)/t9?,10-/m0/s1. The first kappa shape index (κ1) is 15.4. The van der Waals surface area contributed by atoms with E-state index in [0.29, 0.717) is 19.4 Å². The molecule has 1 aliphatic rings. The zero-order valence-corrected chi connectivity index (χ0v) is 11.7. The van der Waals surface area contributed by atoms with E-state index in [1.807, 2.05) is 13.8 Å². The zero-order valence-electron chi connectivity index (χ0n) is 10.9. The van der Waals surface area contributed by atoms with E-state index < -0.39 is 22.2 Å². The number of carboxylic acids is 1. The number of nitrogens with zero attached hydrogens (tertiary/aromatic N) is 1. The lowest BCUT2D eigenvalue weighted by molar-refractivity contribution is -0.139. The third-order valence-corrected chi connectivity index (χ3v) is 4.98. The second-order valence-corrected chi connectivity index (χ2v) is 6.41. The van der Waals surface area contributed by atoms with E-state index in [4.69, 9.17) is 5.11 Å². The number of carboxylic acid groups (broad SMARTS) is 1. The highest BCUT2D eigenvalue weighted by molar-refractivity contribution is 7.87. The summed E-state index contributed by atoms with van der Waals surface area (Å²) in [5.41, 5.74) is 0. The maximum Gasteiger partial charge on any atom is 0.321 e. The van der Waals surface area contributed by atoms with Gasteiger partial charge >= 0.3 is 5.97 Å². The van der Waals surface area contributed by atoms with Gasteiger partial charge in [0.05, 0.1) is 0 Å². The number of carbonyl (C=O) groups is 1. The van der Waals surface area contributed by atoms with Gasteiger partial charge in [-0.3, -0.25) is 4.79 Å². The molecule has 0 spiro atoms. The normalized spacial score (nSPS) is 23.1. The Morgan fingerprint density at radius 2 is 2.22 bits per heavy atom. The van der Waals surface area contributed by atoms with Crippen molar-refractivity contribution in [2.75, 3.05) is 6.54 Å². The molecule has 2 N–H and O–H groups in total.